The number of carboxylic acid groups (broad SMARTS) is 1. The van der Waals surface area contributed by atoms with E-state index in [-0.39, 0.29) is 28.6 Å². The van der Waals surface area contributed by atoms with Crippen LogP contribution < -0.4 is 5.32 Å². The number of rotatable bonds is 14. The number of nitrogens with one attached hydrogen (secondary N) is 1. The quantitative estimate of drug-likeness (QED) is 0.124. The van der Waals surface area contributed by atoms with Crippen LogP contribution in [0.5, 0.6) is 0 Å². The first kappa shape index (κ1) is 29.9. The number of hydrogen-bond acceptors (Lipinski definition) is 6. The molecular formula is C28H29F3N2O5S. The molecule has 3 aromatic rings. The minimum absolute atomic E-state index is 0.0977. The van der Waals surface area contributed by atoms with Crippen LogP contribution >= 0.6 is 11.3 Å². The molecule has 0 saturated heterocycles. The number of nitrogens with zero attached hydrogens (tertiary/aromatic N) is 1. The van der Waals surface area contributed by atoms with Gasteiger partial charge in [-0.1, -0.05) is 44.7 Å². The van der Waals surface area contributed by atoms with Crippen molar-refractivity contribution in [3.05, 3.63) is 75.6 Å². The number of carbonyl (C=O) groups is 2. The second-order valence-corrected chi connectivity index (χ2v) is 9.47. The third-order valence-electron chi connectivity index (χ3n) is 5.78. The monoisotopic (exact) mass is 562 g/mol. The van der Waals surface area contributed by atoms with Gasteiger partial charge in [-0.25, -0.2) is 22.9 Å². The van der Waals surface area contributed by atoms with Crippen molar-refractivity contribution < 1.29 is 37.3 Å². The minimum atomic E-state index is -1.51. The summed E-state index contributed by atoms with van der Waals surface area (Å²) in [4.78, 5) is 27.9. The van der Waals surface area contributed by atoms with Gasteiger partial charge in [0.2, 0.25) is 5.76 Å². The number of thiazole rings is 1. The standard InChI is InChI=1S/C28H29F3N2O5S/c1-3-4-5-6-7-11-38-15-17-9-8-10-19(25(17)31)23-16-39-28(32-23)33-26(34)18-12-21(29)20(22(30)13-18)14-24(37-2)27(35)36/h8-10,12-14,16H,3-7,11,15H2,1-2H3,(H,35,36)(H,32,33,34)/b24-14-. The van der Waals surface area contributed by atoms with E-state index in [0.717, 1.165) is 56.3 Å². The molecule has 0 aliphatic heterocycles. The zero-order valence-electron chi connectivity index (χ0n) is 21.6. The average molecular weight is 563 g/mol. The number of aromatic nitrogens is 1. The summed E-state index contributed by atoms with van der Waals surface area (Å²) >= 11 is 1.02. The lowest BCUT2D eigenvalue weighted by Gasteiger charge is -2.08. The smallest absolute Gasteiger partial charge is 0.371 e. The number of halogens is 3. The molecule has 0 bridgehead atoms. The number of carboxylic acids is 1. The van der Waals surface area contributed by atoms with Crippen LogP contribution in [0, 0.1) is 17.5 Å². The Morgan fingerprint density at radius 2 is 1.82 bits per heavy atom. The van der Waals surface area contributed by atoms with Crippen LogP contribution in [0.2, 0.25) is 0 Å². The van der Waals surface area contributed by atoms with Crippen molar-refractivity contribution in [3.63, 3.8) is 0 Å². The van der Waals surface area contributed by atoms with Crippen LogP contribution in [0.3, 0.4) is 0 Å². The van der Waals surface area contributed by atoms with Gasteiger partial charge in [0.05, 0.1) is 19.4 Å². The summed E-state index contributed by atoms with van der Waals surface area (Å²) < 4.78 is 54.3. The van der Waals surface area contributed by atoms with E-state index in [1.54, 1.807) is 23.6 Å². The predicted octanol–water partition coefficient (Wildman–Crippen LogP) is 7.04. The maximum Gasteiger partial charge on any atom is 0.371 e. The van der Waals surface area contributed by atoms with Crippen molar-refractivity contribution in [3.8, 4) is 11.3 Å². The van der Waals surface area contributed by atoms with E-state index in [1.807, 2.05) is 0 Å². The van der Waals surface area contributed by atoms with Gasteiger partial charge in [-0.2, -0.15) is 0 Å². The molecule has 1 amide bonds. The summed E-state index contributed by atoms with van der Waals surface area (Å²) in [7, 11) is 1.05. The Kier molecular flexibility index (Phi) is 11.1. The maximum absolute atomic E-state index is 15.1. The lowest BCUT2D eigenvalue weighted by atomic mass is 10.1. The number of amides is 1. The SMILES string of the molecule is CCCCCCCOCc1cccc(-c2csc(NC(=O)c3cc(F)c(/C=C(\OC)C(=O)O)c(F)c3)n2)c1F. The molecule has 2 aromatic carbocycles. The van der Waals surface area contributed by atoms with Crippen molar-refractivity contribution >= 4 is 34.4 Å². The molecule has 0 unspecified atom stereocenters. The fourth-order valence-corrected chi connectivity index (χ4v) is 4.40. The Balaban J connectivity index is 1.67. The molecule has 11 heteroatoms. The van der Waals surface area contributed by atoms with E-state index < -0.39 is 40.7 Å². The highest BCUT2D eigenvalue weighted by atomic mass is 32.1. The van der Waals surface area contributed by atoms with Gasteiger partial charge in [-0.15, -0.1) is 11.3 Å². The second-order valence-electron chi connectivity index (χ2n) is 8.61. The van der Waals surface area contributed by atoms with Crippen LogP contribution in [0.25, 0.3) is 17.3 Å². The molecule has 0 aliphatic carbocycles. The summed E-state index contributed by atoms with van der Waals surface area (Å²) in [6, 6.07) is 6.42. The molecule has 1 aromatic heterocycles. The Labute approximate surface area is 228 Å². The van der Waals surface area contributed by atoms with Gasteiger partial charge in [0.25, 0.3) is 5.91 Å². The Hall–Kier alpha value is -3.70. The lowest BCUT2D eigenvalue weighted by molar-refractivity contribution is -0.135. The number of unbranched alkanes of at least 4 members (excludes halogenated alkanes) is 4. The number of benzene rings is 2. The van der Waals surface area contributed by atoms with E-state index in [2.05, 4.69) is 22.0 Å². The topological polar surface area (TPSA) is 97.8 Å². The second kappa shape index (κ2) is 14.5. The van der Waals surface area contributed by atoms with Crippen LogP contribution in [-0.4, -0.2) is 35.7 Å². The molecule has 7 nitrogen and oxygen atoms in total. The predicted molar refractivity (Wildman–Crippen MR) is 143 cm³/mol. The van der Waals surface area contributed by atoms with Gasteiger partial charge in [0, 0.05) is 40.3 Å². The molecule has 0 atom stereocenters. The van der Waals surface area contributed by atoms with Crippen molar-refractivity contribution in [1.29, 1.82) is 0 Å². The van der Waals surface area contributed by atoms with E-state index >= 15 is 4.39 Å². The third-order valence-corrected chi connectivity index (χ3v) is 6.53. The van der Waals surface area contributed by atoms with E-state index in [9.17, 15) is 18.4 Å². The molecule has 2 N–H and O–H groups in total. The summed E-state index contributed by atoms with van der Waals surface area (Å²) in [5.74, 6) is -5.82. The third kappa shape index (κ3) is 8.14. The van der Waals surface area contributed by atoms with E-state index in [0.29, 0.717) is 18.2 Å². The van der Waals surface area contributed by atoms with Gasteiger partial charge in [0.1, 0.15) is 17.5 Å². The fraction of sp³-hybridized carbons (Fsp3) is 0.321. The number of hydrogen-bond donors (Lipinski definition) is 2. The summed E-state index contributed by atoms with van der Waals surface area (Å²) in [5, 5.41) is 13.1. The number of methoxy groups -OCH3 is 1. The average Bonchev–Trinajstić information content (AvgIpc) is 3.36. The van der Waals surface area contributed by atoms with E-state index in [4.69, 9.17) is 9.84 Å². The van der Waals surface area contributed by atoms with Gasteiger partial charge in [-0.05, 0) is 24.6 Å². The molecule has 0 fully saturated rings. The number of ether oxygens (including phenoxy) is 2. The highest BCUT2D eigenvalue weighted by Gasteiger charge is 2.19. The van der Waals surface area contributed by atoms with Crippen molar-refractivity contribution in [2.45, 2.75) is 45.6 Å². The summed E-state index contributed by atoms with van der Waals surface area (Å²) in [5.41, 5.74) is -0.116. The van der Waals surface area contributed by atoms with Crippen LogP contribution in [0.15, 0.2) is 41.5 Å². The maximum atomic E-state index is 15.1. The zero-order chi connectivity index (χ0) is 28.4. The number of anilines is 1. The fourth-order valence-electron chi connectivity index (χ4n) is 3.70. The molecule has 1 heterocycles. The molecule has 3 rings (SSSR count). The van der Waals surface area contributed by atoms with Crippen molar-refractivity contribution in [2.24, 2.45) is 0 Å². The first-order valence-electron chi connectivity index (χ1n) is 12.4. The van der Waals surface area contributed by atoms with Crippen LogP contribution in [0.1, 0.15) is 60.5 Å². The molecule has 39 heavy (non-hydrogen) atoms. The van der Waals surface area contributed by atoms with Gasteiger partial charge in [-0.3, -0.25) is 10.1 Å². The van der Waals surface area contributed by atoms with Crippen LogP contribution in [-0.2, 0) is 20.9 Å². The molecule has 0 spiro atoms. The van der Waals surface area contributed by atoms with Gasteiger partial charge in [0.15, 0.2) is 5.13 Å². The van der Waals surface area contributed by atoms with Gasteiger partial charge >= 0.3 is 5.97 Å². The first-order valence-corrected chi connectivity index (χ1v) is 13.2. The van der Waals surface area contributed by atoms with Crippen molar-refractivity contribution in [2.75, 3.05) is 19.0 Å². The molecule has 0 aliphatic rings. The van der Waals surface area contributed by atoms with Gasteiger partial charge < -0.3 is 14.6 Å². The number of aliphatic carboxylic acids is 1. The highest BCUT2D eigenvalue weighted by molar-refractivity contribution is 7.14. The Bertz CT molecular complexity index is 1320. The highest BCUT2D eigenvalue weighted by Crippen LogP contribution is 2.29. The number of carbonyl (C=O) groups excluding carboxylic acids is 1. The molecular weight excluding hydrogens is 533 g/mol. The minimum Gasteiger partial charge on any atom is -0.490 e. The zero-order valence-corrected chi connectivity index (χ0v) is 22.4. The lowest BCUT2D eigenvalue weighted by Crippen LogP contribution is -2.13. The Morgan fingerprint density at radius 1 is 1.10 bits per heavy atom. The molecule has 208 valence electrons. The largest absolute Gasteiger partial charge is 0.490 e. The van der Waals surface area contributed by atoms with Crippen LogP contribution in [0.4, 0.5) is 18.3 Å². The van der Waals surface area contributed by atoms with Crippen molar-refractivity contribution in [1.82, 2.24) is 4.98 Å². The Morgan fingerprint density at radius 3 is 2.49 bits per heavy atom. The summed E-state index contributed by atoms with van der Waals surface area (Å²) in [6.07, 6.45) is 6.18. The molecule has 0 saturated carbocycles. The molecule has 0 radical (unpaired) electrons. The normalized spacial score (nSPS) is 11.5. The van der Waals surface area contributed by atoms with E-state index in [1.165, 1.54) is 6.42 Å². The first-order chi connectivity index (χ1) is 18.7. The summed E-state index contributed by atoms with van der Waals surface area (Å²) in [6.45, 7) is 2.82.